The summed E-state index contributed by atoms with van der Waals surface area (Å²) in [5, 5.41) is 5.35. The second kappa shape index (κ2) is 8.90. The van der Waals surface area contributed by atoms with Crippen molar-refractivity contribution in [2.24, 2.45) is 5.92 Å². The van der Waals surface area contributed by atoms with Crippen LogP contribution in [-0.2, 0) is 16.0 Å². The van der Waals surface area contributed by atoms with E-state index in [-0.39, 0.29) is 29.5 Å². The Balaban J connectivity index is 1.69. The highest BCUT2D eigenvalue weighted by Crippen LogP contribution is 2.27. The summed E-state index contributed by atoms with van der Waals surface area (Å²) < 4.78 is 0. The van der Waals surface area contributed by atoms with Crippen molar-refractivity contribution < 1.29 is 19.2 Å². The van der Waals surface area contributed by atoms with Gasteiger partial charge in [0, 0.05) is 5.69 Å². The molecular formula is C23H25N3O4. The first-order valence-electron chi connectivity index (χ1n) is 9.97. The fourth-order valence-corrected chi connectivity index (χ4v) is 3.60. The van der Waals surface area contributed by atoms with E-state index >= 15 is 0 Å². The van der Waals surface area contributed by atoms with E-state index in [0.29, 0.717) is 5.69 Å². The number of nitrogens with one attached hydrogen (secondary N) is 2. The maximum atomic E-state index is 12.9. The van der Waals surface area contributed by atoms with Crippen LogP contribution in [-0.4, -0.2) is 41.1 Å². The predicted octanol–water partition coefficient (Wildman–Crippen LogP) is 2.62. The van der Waals surface area contributed by atoms with Crippen molar-refractivity contribution in [2.75, 3.05) is 11.9 Å². The summed E-state index contributed by atoms with van der Waals surface area (Å²) in [6.45, 7) is 5.24. The van der Waals surface area contributed by atoms with Crippen LogP contribution in [0.1, 0.15) is 47.1 Å². The third-order valence-electron chi connectivity index (χ3n) is 5.10. The minimum Gasteiger partial charge on any atom is -0.345 e. The molecule has 7 heteroatoms. The van der Waals surface area contributed by atoms with Gasteiger partial charge in [-0.25, -0.2) is 0 Å². The van der Waals surface area contributed by atoms with E-state index in [1.165, 1.54) is 0 Å². The van der Waals surface area contributed by atoms with Crippen LogP contribution >= 0.6 is 0 Å². The molecule has 0 aromatic heterocycles. The van der Waals surface area contributed by atoms with Crippen LogP contribution in [0.3, 0.4) is 0 Å². The molecule has 0 radical (unpaired) electrons. The van der Waals surface area contributed by atoms with Gasteiger partial charge in [0.2, 0.25) is 11.8 Å². The number of carbonyl (C=O) groups is 4. The average molecular weight is 407 g/mol. The largest absolute Gasteiger partial charge is 0.345 e. The molecule has 0 aliphatic carbocycles. The third kappa shape index (κ3) is 4.10. The second-order valence-corrected chi connectivity index (χ2v) is 7.49. The van der Waals surface area contributed by atoms with E-state index < -0.39 is 23.8 Å². The number of hydrogen-bond acceptors (Lipinski definition) is 4. The van der Waals surface area contributed by atoms with Gasteiger partial charge < -0.3 is 10.6 Å². The van der Waals surface area contributed by atoms with E-state index in [2.05, 4.69) is 10.6 Å². The molecule has 0 saturated carbocycles. The molecule has 30 heavy (non-hydrogen) atoms. The lowest BCUT2D eigenvalue weighted by Gasteiger charge is -2.28. The highest BCUT2D eigenvalue weighted by Gasteiger charge is 2.43. The zero-order valence-electron chi connectivity index (χ0n) is 17.3. The molecule has 1 heterocycles. The molecule has 0 saturated heterocycles. The molecule has 2 N–H and O–H groups in total. The number of anilines is 1. The van der Waals surface area contributed by atoms with Crippen molar-refractivity contribution in [3.8, 4) is 0 Å². The Kier molecular flexibility index (Phi) is 6.30. The summed E-state index contributed by atoms with van der Waals surface area (Å²) in [7, 11) is 0. The number of aryl methyl sites for hydroxylation is 1. The van der Waals surface area contributed by atoms with Crippen LogP contribution in [0.4, 0.5) is 5.69 Å². The number of amides is 4. The molecule has 1 aliphatic rings. The van der Waals surface area contributed by atoms with E-state index in [0.717, 1.165) is 16.9 Å². The zero-order chi connectivity index (χ0) is 21.8. The van der Waals surface area contributed by atoms with E-state index in [4.69, 9.17) is 0 Å². The Bertz CT molecular complexity index is 964. The summed E-state index contributed by atoms with van der Waals surface area (Å²) in [6, 6.07) is 12.9. The van der Waals surface area contributed by atoms with Crippen LogP contribution in [0.15, 0.2) is 48.5 Å². The summed E-state index contributed by atoms with van der Waals surface area (Å²) in [6.07, 6.45) is 0.762. The van der Waals surface area contributed by atoms with Gasteiger partial charge in [0.1, 0.15) is 6.04 Å². The Morgan fingerprint density at radius 3 is 2.07 bits per heavy atom. The Hall–Kier alpha value is -3.48. The van der Waals surface area contributed by atoms with Gasteiger partial charge in [-0.05, 0) is 36.1 Å². The minimum atomic E-state index is -1.01. The molecule has 2 aromatic rings. The van der Waals surface area contributed by atoms with Crippen molar-refractivity contribution in [3.63, 3.8) is 0 Å². The smallest absolute Gasteiger partial charge is 0.262 e. The van der Waals surface area contributed by atoms with Crippen molar-refractivity contribution in [1.82, 2.24) is 10.2 Å². The molecule has 1 unspecified atom stereocenters. The predicted molar refractivity (Wildman–Crippen MR) is 113 cm³/mol. The lowest BCUT2D eigenvalue weighted by molar-refractivity contribution is -0.128. The van der Waals surface area contributed by atoms with Crippen molar-refractivity contribution in [2.45, 2.75) is 33.2 Å². The number of imide groups is 1. The Morgan fingerprint density at radius 2 is 1.50 bits per heavy atom. The van der Waals surface area contributed by atoms with Crippen LogP contribution in [0.25, 0.3) is 0 Å². The molecule has 0 fully saturated rings. The molecule has 4 amide bonds. The molecule has 3 rings (SSSR count). The van der Waals surface area contributed by atoms with Crippen molar-refractivity contribution in [3.05, 3.63) is 65.2 Å². The number of rotatable bonds is 7. The van der Waals surface area contributed by atoms with E-state index in [1.54, 1.807) is 44.2 Å². The SMILES string of the molecule is CCc1ccccc1NC(=O)CNC(=O)C(C(C)C)N1C(=O)c2ccccc2C1=O. The Morgan fingerprint density at radius 1 is 0.933 bits per heavy atom. The van der Waals surface area contributed by atoms with Crippen LogP contribution in [0.5, 0.6) is 0 Å². The van der Waals surface area contributed by atoms with Gasteiger partial charge in [-0.1, -0.05) is 51.1 Å². The van der Waals surface area contributed by atoms with Gasteiger partial charge in [0.05, 0.1) is 17.7 Å². The monoisotopic (exact) mass is 407 g/mol. The van der Waals surface area contributed by atoms with Crippen LogP contribution in [0.2, 0.25) is 0 Å². The lowest BCUT2D eigenvalue weighted by atomic mass is 10.0. The quantitative estimate of drug-likeness (QED) is 0.690. The molecule has 2 aromatic carbocycles. The molecule has 0 bridgehead atoms. The normalized spacial score (nSPS) is 13.9. The molecule has 156 valence electrons. The first-order chi connectivity index (χ1) is 14.3. The van der Waals surface area contributed by atoms with E-state index in [1.807, 2.05) is 25.1 Å². The highest BCUT2D eigenvalue weighted by atomic mass is 16.2. The first-order valence-corrected chi connectivity index (χ1v) is 9.97. The van der Waals surface area contributed by atoms with Crippen LogP contribution < -0.4 is 10.6 Å². The first kappa shape index (κ1) is 21.2. The van der Waals surface area contributed by atoms with Gasteiger partial charge in [0.15, 0.2) is 0 Å². The number of nitrogens with zero attached hydrogens (tertiary/aromatic N) is 1. The molecule has 1 atom stereocenters. The Labute approximate surface area is 175 Å². The third-order valence-corrected chi connectivity index (χ3v) is 5.10. The van der Waals surface area contributed by atoms with Crippen LogP contribution in [0, 0.1) is 5.92 Å². The number of carbonyl (C=O) groups excluding carboxylic acids is 4. The maximum absolute atomic E-state index is 12.9. The molecule has 0 spiro atoms. The highest BCUT2D eigenvalue weighted by molar-refractivity contribution is 6.22. The van der Waals surface area contributed by atoms with Gasteiger partial charge in [-0.2, -0.15) is 0 Å². The van der Waals surface area contributed by atoms with Gasteiger partial charge >= 0.3 is 0 Å². The zero-order valence-corrected chi connectivity index (χ0v) is 17.3. The maximum Gasteiger partial charge on any atom is 0.262 e. The fourth-order valence-electron chi connectivity index (χ4n) is 3.60. The number of fused-ring (bicyclic) bond motifs is 1. The minimum absolute atomic E-state index is 0.261. The summed E-state index contributed by atoms with van der Waals surface area (Å²) in [4.78, 5) is 51.7. The topological polar surface area (TPSA) is 95.6 Å². The molecule has 1 aliphatic heterocycles. The number of benzene rings is 2. The summed E-state index contributed by atoms with van der Waals surface area (Å²) >= 11 is 0. The summed E-state index contributed by atoms with van der Waals surface area (Å²) in [5.74, 6) is -2.24. The van der Waals surface area contributed by atoms with Gasteiger partial charge in [-0.15, -0.1) is 0 Å². The number of para-hydroxylation sites is 1. The standard InChI is InChI=1S/C23H25N3O4/c1-4-15-9-5-8-12-18(15)25-19(27)13-24-21(28)20(14(2)3)26-22(29)16-10-6-7-11-17(16)23(26)30/h5-12,14,20H,4,13H2,1-3H3,(H,24,28)(H,25,27). The van der Waals surface area contributed by atoms with Gasteiger partial charge in [0.25, 0.3) is 11.8 Å². The van der Waals surface area contributed by atoms with Crippen molar-refractivity contribution in [1.29, 1.82) is 0 Å². The van der Waals surface area contributed by atoms with Crippen molar-refractivity contribution >= 4 is 29.3 Å². The molecular weight excluding hydrogens is 382 g/mol. The second-order valence-electron chi connectivity index (χ2n) is 7.49. The summed E-state index contributed by atoms with van der Waals surface area (Å²) in [5.41, 5.74) is 2.26. The molecule has 7 nitrogen and oxygen atoms in total. The fraction of sp³-hybridized carbons (Fsp3) is 0.304. The lowest BCUT2D eigenvalue weighted by Crippen LogP contribution is -2.53. The average Bonchev–Trinajstić information content (AvgIpc) is 2.98. The number of hydrogen-bond donors (Lipinski definition) is 2. The van der Waals surface area contributed by atoms with E-state index in [9.17, 15) is 19.2 Å². The van der Waals surface area contributed by atoms with Gasteiger partial charge in [-0.3, -0.25) is 24.1 Å².